The van der Waals surface area contributed by atoms with Gasteiger partial charge in [-0.15, -0.1) is 0 Å². The lowest BCUT2D eigenvalue weighted by Crippen LogP contribution is -2.36. The first-order valence-electron chi connectivity index (χ1n) is 11.6. The highest BCUT2D eigenvalue weighted by molar-refractivity contribution is 5.97. The summed E-state index contributed by atoms with van der Waals surface area (Å²) >= 11 is 0. The maximum atomic E-state index is 15.0. The zero-order valence-corrected chi connectivity index (χ0v) is 19.3. The number of aromatic nitrogens is 3. The number of benzene rings is 2. The molecule has 0 radical (unpaired) electrons. The van der Waals surface area contributed by atoms with Crippen molar-refractivity contribution in [1.82, 2.24) is 14.1 Å². The standard InChI is InChI=1S/C26H28FN5O/c1-5-19-16-30(11-8-12-33-4)22-10-7-9-17-13-23(32(19)24(17)22)26-29-21-15-18(28-3)14-20(27)25(21)31(26)6-2/h7,9-10,13-15,19H,5-6,8,11-12,16H2,1-2,4H3. The Hall–Kier alpha value is -3.37. The summed E-state index contributed by atoms with van der Waals surface area (Å²) < 4.78 is 24.6. The van der Waals surface area contributed by atoms with E-state index in [1.807, 2.05) is 11.5 Å². The van der Waals surface area contributed by atoms with Gasteiger partial charge in [0.1, 0.15) is 11.3 Å². The molecule has 170 valence electrons. The van der Waals surface area contributed by atoms with E-state index in [0.29, 0.717) is 17.6 Å². The number of hydrogen-bond acceptors (Lipinski definition) is 3. The van der Waals surface area contributed by atoms with Crippen LogP contribution >= 0.6 is 0 Å². The van der Waals surface area contributed by atoms with Crippen LogP contribution in [0.25, 0.3) is 38.3 Å². The minimum Gasteiger partial charge on any atom is -0.385 e. The van der Waals surface area contributed by atoms with E-state index < -0.39 is 5.82 Å². The highest BCUT2D eigenvalue weighted by atomic mass is 19.1. The molecule has 0 N–H and O–H groups in total. The lowest BCUT2D eigenvalue weighted by atomic mass is 10.1. The molecule has 0 aliphatic carbocycles. The molecule has 0 amide bonds. The van der Waals surface area contributed by atoms with Gasteiger partial charge in [0.05, 0.1) is 35.0 Å². The summed E-state index contributed by atoms with van der Waals surface area (Å²) in [5, 5.41) is 1.16. The van der Waals surface area contributed by atoms with Crippen molar-refractivity contribution >= 4 is 33.3 Å². The number of halogens is 1. The zero-order valence-electron chi connectivity index (χ0n) is 19.3. The first-order chi connectivity index (χ1) is 16.1. The third-order valence-corrected chi connectivity index (χ3v) is 6.68. The van der Waals surface area contributed by atoms with Gasteiger partial charge in [-0.05, 0) is 44.0 Å². The predicted molar refractivity (Wildman–Crippen MR) is 131 cm³/mol. The third-order valence-electron chi connectivity index (χ3n) is 6.68. The van der Waals surface area contributed by atoms with Gasteiger partial charge >= 0.3 is 0 Å². The van der Waals surface area contributed by atoms with Crippen LogP contribution in [0.15, 0.2) is 36.4 Å². The summed E-state index contributed by atoms with van der Waals surface area (Å²) in [7, 11) is 1.74. The van der Waals surface area contributed by atoms with Gasteiger partial charge < -0.3 is 18.8 Å². The molecule has 0 saturated heterocycles. The minimum absolute atomic E-state index is 0.273. The van der Waals surface area contributed by atoms with Crippen LogP contribution in [0.4, 0.5) is 15.8 Å². The highest BCUT2D eigenvalue weighted by Gasteiger charge is 2.30. The number of rotatable bonds is 7. The largest absolute Gasteiger partial charge is 0.385 e. The van der Waals surface area contributed by atoms with Crippen LogP contribution in [0, 0.1) is 12.4 Å². The van der Waals surface area contributed by atoms with Crippen molar-refractivity contribution in [3.63, 3.8) is 0 Å². The average molecular weight is 446 g/mol. The average Bonchev–Trinajstić information content (AvgIpc) is 3.40. The number of para-hydroxylation sites is 1. The van der Waals surface area contributed by atoms with Crippen LogP contribution in [-0.2, 0) is 11.3 Å². The summed E-state index contributed by atoms with van der Waals surface area (Å²) in [5.41, 5.74) is 4.70. The molecule has 0 fully saturated rings. The Morgan fingerprint density at radius 1 is 1.21 bits per heavy atom. The topological polar surface area (TPSA) is 39.6 Å². The van der Waals surface area contributed by atoms with Crippen molar-refractivity contribution in [2.75, 3.05) is 31.7 Å². The summed E-state index contributed by atoms with van der Waals surface area (Å²) in [4.78, 5) is 10.7. The first-order valence-corrected chi connectivity index (χ1v) is 11.6. The summed E-state index contributed by atoms with van der Waals surface area (Å²) in [5.74, 6) is 0.355. The van der Waals surface area contributed by atoms with E-state index in [1.165, 1.54) is 17.3 Å². The second-order valence-corrected chi connectivity index (χ2v) is 8.56. The molecule has 2 aromatic carbocycles. The molecule has 2 aromatic heterocycles. The van der Waals surface area contributed by atoms with Crippen LogP contribution in [0.1, 0.15) is 32.7 Å². The van der Waals surface area contributed by atoms with Crippen LogP contribution in [-0.4, -0.2) is 40.9 Å². The fraction of sp³-hybridized carbons (Fsp3) is 0.385. The molecule has 5 rings (SSSR count). The number of fused-ring (bicyclic) bond motifs is 1. The Morgan fingerprint density at radius 3 is 2.79 bits per heavy atom. The smallest absolute Gasteiger partial charge is 0.192 e. The number of ether oxygens (including phenoxy) is 1. The fourth-order valence-electron chi connectivity index (χ4n) is 5.20. The second kappa shape index (κ2) is 8.53. The SMILES string of the molecule is [C-]#[N+]c1cc(F)c2c(c1)nc(-c1cc3cccc4c3n1C(CC)CN4CCCOC)n2CC. The Labute approximate surface area is 193 Å². The molecule has 0 spiro atoms. The normalized spacial score (nSPS) is 15.5. The number of methoxy groups -OCH3 is 1. The van der Waals surface area contributed by atoms with Gasteiger partial charge in [0.2, 0.25) is 0 Å². The molecule has 0 bridgehead atoms. The number of aryl methyl sites for hydroxylation is 1. The molecule has 1 unspecified atom stereocenters. The molecule has 6 nitrogen and oxygen atoms in total. The Balaban J connectivity index is 1.74. The van der Waals surface area contributed by atoms with E-state index >= 15 is 0 Å². The van der Waals surface area contributed by atoms with Crippen LogP contribution in [0.3, 0.4) is 0 Å². The van der Waals surface area contributed by atoms with Crippen LogP contribution in [0.5, 0.6) is 0 Å². The molecule has 1 atom stereocenters. The van der Waals surface area contributed by atoms with E-state index in [9.17, 15) is 4.39 Å². The van der Waals surface area contributed by atoms with Crippen molar-refractivity contribution in [3.05, 3.63) is 53.6 Å². The van der Waals surface area contributed by atoms with E-state index in [-0.39, 0.29) is 11.7 Å². The van der Waals surface area contributed by atoms with Crippen molar-refractivity contribution < 1.29 is 9.13 Å². The molecule has 33 heavy (non-hydrogen) atoms. The first kappa shape index (κ1) is 21.5. The van der Waals surface area contributed by atoms with E-state index in [2.05, 4.69) is 45.5 Å². The maximum Gasteiger partial charge on any atom is 0.192 e. The maximum absolute atomic E-state index is 15.0. The van der Waals surface area contributed by atoms with Gasteiger partial charge in [-0.3, -0.25) is 0 Å². The van der Waals surface area contributed by atoms with Crippen LogP contribution in [0.2, 0.25) is 0 Å². The number of nitrogens with zero attached hydrogens (tertiary/aromatic N) is 5. The fourth-order valence-corrected chi connectivity index (χ4v) is 5.20. The molecular formula is C26H28FN5O. The highest BCUT2D eigenvalue weighted by Crippen LogP contribution is 2.42. The van der Waals surface area contributed by atoms with Gasteiger partial charge in [-0.25, -0.2) is 14.2 Å². The van der Waals surface area contributed by atoms with Crippen molar-refractivity contribution in [3.8, 4) is 11.5 Å². The van der Waals surface area contributed by atoms with E-state index in [4.69, 9.17) is 16.3 Å². The van der Waals surface area contributed by atoms with Crippen molar-refractivity contribution in [1.29, 1.82) is 0 Å². The lowest BCUT2D eigenvalue weighted by Gasteiger charge is -2.36. The summed E-state index contributed by atoms with van der Waals surface area (Å²) in [6.45, 7) is 14.7. The summed E-state index contributed by atoms with van der Waals surface area (Å²) in [6.07, 6.45) is 1.96. The number of anilines is 1. The van der Waals surface area contributed by atoms with E-state index in [1.54, 1.807) is 13.2 Å². The Kier molecular flexibility index (Phi) is 5.55. The van der Waals surface area contributed by atoms with Crippen molar-refractivity contribution in [2.45, 2.75) is 39.3 Å². The molecule has 1 aliphatic rings. The molecule has 0 saturated carbocycles. The summed E-state index contributed by atoms with van der Waals surface area (Å²) in [6, 6.07) is 11.9. The van der Waals surface area contributed by atoms with Crippen molar-refractivity contribution in [2.24, 2.45) is 0 Å². The second-order valence-electron chi connectivity index (χ2n) is 8.56. The number of imidazole rings is 1. The minimum atomic E-state index is -0.397. The number of hydrogen-bond donors (Lipinski definition) is 0. The van der Waals surface area contributed by atoms with Gasteiger partial charge in [-0.1, -0.05) is 19.1 Å². The predicted octanol–water partition coefficient (Wildman–Crippen LogP) is 6.18. The van der Waals surface area contributed by atoms with Gasteiger partial charge in [0, 0.05) is 38.7 Å². The third kappa shape index (κ3) is 3.37. The van der Waals surface area contributed by atoms with Gasteiger partial charge in [-0.2, -0.15) is 0 Å². The molecular weight excluding hydrogens is 417 g/mol. The monoisotopic (exact) mass is 445 g/mol. The van der Waals surface area contributed by atoms with E-state index in [0.717, 1.165) is 49.4 Å². The quantitative estimate of drug-likeness (QED) is 0.252. The van der Waals surface area contributed by atoms with Gasteiger partial charge in [0.15, 0.2) is 11.5 Å². The Morgan fingerprint density at radius 2 is 2.06 bits per heavy atom. The lowest BCUT2D eigenvalue weighted by molar-refractivity contribution is 0.195. The molecule has 7 heteroatoms. The van der Waals surface area contributed by atoms with Crippen LogP contribution < -0.4 is 4.90 Å². The molecule has 4 aromatic rings. The van der Waals surface area contributed by atoms with Gasteiger partial charge in [0.25, 0.3) is 0 Å². The Bertz CT molecular complexity index is 1380. The molecule has 1 aliphatic heterocycles. The molecule has 3 heterocycles. The zero-order chi connectivity index (χ0) is 23.1.